The summed E-state index contributed by atoms with van der Waals surface area (Å²) in [5.41, 5.74) is 3.29. The number of carbonyl (C=O) groups excluding carboxylic acids is 1. The Morgan fingerprint density at radius 1 is 1.00 bits per heavy atom. The van der Waals surface area contributed by atoms with Crippen LogP contribution in [-0.4, -0.2) is 42.2 Å². The van der Waals surface area contributed by atoms with E-state index >= 15 is 0 Å². The predicted molar refractivity (Wildman–Crippen MR) is 137 cm³/mol. The number of para-hydroxylation sites is 1. The minimum atomic E-state index is -0.237. The van der Waals surface area contributed by atoms with E-state index in [9.17, 15) is 4.79 Å². The van der Waals surface area contributed by atoms with Crippen molar-refractivity contribution in [2.45, 2.75) is 6.92 Å². The standard InChI is InChI=1S/C25H21Cl2N3O2S/c1-16-4-2-3-5-21(16)29-10-12-30(13-11-29)25-28-24(31)23(33-25)15-18-7-9-22(32-18)19-8-6-17(26)14-20(19)27/h2-9,14-15H,10-13H2,1H3. The fourth-order valence-corrected chi connectivity index (χ4v) is 5.43. The predicted octanol–water partition coefficient (Wildman–Crippen LogP) is 6.35. The summed E-state index contributed by atoms with van der Waals surface area (Å²) in [4.78, 5) is 22.0. The molecular weight excluding hydrogens is 477 g/mol. The molecule has 3 aromatic rings. The summed E-state index contributed by atoms with van der Waals surface area (Å²) >= 11 is 13.7. The Morgan fingerprint density at radius 3 is 2.52 bits per heavy atom. The van der Waals surface area contributed by atoms with Crippen molar-refractivity contribution in [3.05, 3.63) is 80.9 Å². The zero-order valence-electron chi connectivity index (χ0n) is 17.9. The minimum absolute atomic E-state index is 0.237. The van der Waals surface area contributed by atoms with Crippen molar-refractivity contribution >= 4 is 57.8 Å². The third-order valence-corrected chi connectivity index (χ3v) is 7.30. The normalized spacial score (nSPS) is 17.7. The van der Waals surface area contributed by atoms with E-state index < -0.39 is 0 Å². The van der Waals surface area contributed by atoms with Gasteiger partial charge in [0.05, 0.1) is 9.93 Å². The van der Waals surface area contributed by atoms with E-state index in [1.54, 1.807) is 18.2 Å². The third-order valence-electron chi connectivity index (χ3n) is 5.71. The van der Waals surface area contributed by atoms with Gasteiger partial charge >= 0.3 is 0 Å². The molecule has 1 fully saturated rings. The SMILES string of the molecule is Cc1ccccc1N1CCN(C2=NC(=O)C(=Cc3ccc(-c4ccc(Cl)cc4Cl)o3)S2)CC1. The first-order chi connectivity index (χ1) is 16.0. The van der Waals surface area contributed by atoms with Crippen LogP contribution in [0, 0.1) is 6.92 Å². The van der Waals surface area contributed by atoms with Crippen molar-refractivity contribution in [3.8, 4) is 11.3 Å². The summed E-state index contributed by atoms with van der Waals surface area (Å²) in [7, 11) is 0. The van der Waals surface area contributed by atoms with Crippen LogP contribution in [0.25, 0.3) is 17.4 Å². The molecule has 33 heavy (non-hydrogen) atoms. The summed E-state index contributed by atoms with van der Waals surface area (Å²) in [5.74, 6) is 0.957. The number of amidine groups is 1. The molecule has 0 saturated carbocycles. The van der Waals surface area contributed by atoms with Crippen molar-refractivity contribution in [3.63, 3.8) is 0 Å². The highest BCUT2D eigenvalue weighted by Gasteiger charge is 2.29. The first-order valence-electron chi connectivity index (χ1n) is 10.6. The molecule has 0 aliphatic carbocycles. The number of halogens is 2. The smallest absolute Gasteiger partial charge is 0.286 e. The van der Waals surface area contributed by atoms with Gasteiger partial charge in [0, 0.05) is 48.5 Å². The molecule has 3 heterocycles. The highest BCUT2D eigenvalue weighted by molar-refractivity contribution is 8.18. The van der Waals surface area contributed by atoms with E-state index in [1.165, 1.54) is 23.0 Å². The van der Waals surface area contributed by atoms with Crippen LogP contribution in [-0.2, 0) is 4.79 Å². The molecule has 8 heteroatoms. The van der Waals surface area contributed by atoms with Crippen LogP contribution in [0.15, 0.2) is 68.9 Å². The van der Waals surface area contributed by atoms with Crippen molar-refractivity contribution in [2.24, 2.45) is 4.99 Å². The summed E-state index contributed by atoms with van der Waals surface area (Å²) in [6.45, 7) is 5.55. The van der Waals surface area contributed by atoms with Crippen LogP contribution in [0.1, 0.15) is 11.3 Å². The van der Waals surface area contributed by atoms with E-state index in [0.717, 1.165) is 36.9 Å². The van der Waals surface area contributed by atoms with Gasteiger partial charge in [0.25, 0.3) is 5.91 Å². The molecule has 2 aliphatic rings. The average molecular weight is 498 g/mol. The Hall–Kier alpha value is -2.67. The van der Waals surface area contributed by atoms with Crippen LogP contribution in [0.3, 0.4) is 0 Å². The number of piperazine rings is 1. The molecule has 5 nitrogen and oxygen atoms in total. The topological polar surface area (TPSA) is 49.0 Å². The second-order valence-corrected chi connectivity index (χ2v) is 9.75. The fourth-order valence-electron chi connectivity index (χ4n) is 3.98. The van der Waals surface area contributed by atoms with Crippen molar-refractivity contribution in [1.82, 2.24) is 4.90 Å². The number of furan rings is 1. The molecule has 2 aliphatic heterocycles. The van der Waals surface area contributed by atoms with Gasteiger partial charge < -0.3 is 14.2 Å². The van der Waals surface area contributed by atoms with Gasteiger partial charge in [-0.05, 0) is 60.6 Å². The van der Waals surface area contributed by atoms with Gasteiger partial charge in [-0.15, -0.1) is 0 Å². The number of hydrogen-bond acceptors (Lipinski definition) is 5. The molecule has 0 radical (unpaired) electrons. The van der Waals surface area contributed by atoms with Gasteiger partial charge in [0.1, 0.15) is 11.5 Å². The summed E-state index contributed by atoms with van der Waals surface area (Å²) in [6, 6.07) is 17.3. The maximum Gasteiger partial charge on any atom is 0.286 e. The summed E-state index contributed by atoms with van der Waals surface area (Å²) in [5, 5.41) is 1.83. The number of aryl methyl sites for hydroxylation is 1. The van der Waals surface area contributed by atoms with Gasteiger partial charge in [0.15, 0.2) is 5.17 Å². The van der Waals surface area contributed by atoms with E-state index in [-0.39, 0.29) is 5.91 Å². The minimum Gasteiger partial charge on any atom is -0.457 e. The molecule has 1 amide bonds. The third kappa shape index (κ3) is 4.69. The van der Waals surface area contributed by atoms with Gasteiger partial charge in [-0.2, -0.15) is 4.99 Å². The monoisotopic (exact) mass is 497 g/mol. The molecule has 1 saturated heterocycles. The van der Waals surface area contributed by atoms with Crippen LogP contribution >= 0.6 is 35.0 Å². The van der Waals surface area contributed by atoms with Gasteiger partial charge in [-0.1, -0.05) is 41.4 Å². The molecule has 0 N–H and O–H groups in total. The molecular formula is C25H21Cl2N3O2S. The Balaban J connectivity index is 1.25. The van der Waals surface area contributed by atoms with Crippen molar-refractivity contribution in [2.75, 3.05) is 31.1 Å². The first kappa shape index (κ1) is 22.1. The highest BCUT2D eigenvalue weighted by atomic mass is 35.5. The lowest BCUT2D eigenvalue weighted by atomic mass is 10.1. The molecule has 0 unspecified atom stereocenters. The summed E-state index contributed by atoms with van der Waals surface area (Å²) < 4.78 is 5.91. The van der Waals surface area contributed by atoms with Crippen LogP contribution in [0.5, 0.6) is 0 Å². The second kappa shape index (κ2) is 9.29. The Bertz CT molecular complexity index is 1280. The van der Waals surface area contributed by atoms with Crippen LogP contribution in [0.4, 0.5) is 5.69 Å². The lowest BCUT2D eigenvalue weighted by Crippen LogP contribution is -2.48. The zero-order valence-corrected chi connectivity index (χ0v) is 20.3. The number of anilines is 1. The van der Waals surface area contributed by atoms with Gasteiger partial charge in [-0.3, -0.25) is 4.79 Å². The molecule has 0 atom stereocenters. The van der Waals surface area contributed by atoms with Crippen LogP contribution in [0.2, 0.25) is 10.0 Å². The zero-order chi connectivity index (χ0) is 22.9. The molecule has 2 aromatic carbocycles. The number of nitrogens with zero attached hydrogens (tertiary/aromatic N) is 3. The molecule has 5 rings (SSSR count). The number of carbonyl (C=O) groups is 1. The van der Waals surface area contributed by atoms with E-state index in [2.05, 4.69) is 46.0 Å². The number of benzene rings is 2. The fraction of sp³-hybridized carbons (Fsp3) is 0.200. The quantitative estimate of drug-likeness (QED) is 0.394. The van der Waals surface area contributed by atoms with Gasteiger partial charge in [-0.25, -0.2) is 0 Å². The Kier molecular flexibility index (Phi) is 6.23. The maximum atomic E-state index is 12.5. The lowest BCUT2D eigenvalue weighted by Gasteiger charge is -2.37. The number of hydrogen-bond donors (Lipinski definition) is 0. The second-order valence-electron chi connectivity index (χ2n) is 7.90. The maximum absolute atomic E-state index is 12.5. The van der Waals surface area contributed by atoms with E-state index in [1.807, 2.05) is 18.2 Å². The number of thioether (sulfide) groups is 1. The molecule has 0 bridgehead atoms. The molecule has 168 valence electrons. The van der Waals surface area contributed by atoms with Crippen molar-refractivity contribution < 1.29 is 9.21 Å². The number of amides is 1. The lowest BCUT2D eigenvalue weighted by molar-refractivity contribution is -0.113. The molecule has 0 spiro atoms. The van der Waals surface area contributed by atoms with Crippen LogP contribution < -0.4 is 4.90 Å². The summed E-state index contributed by atoms with van der Waals surface area (Å²) in [6.07, 6.45) is 1.74. The van der Waals surface area contributed by atoms with E-state index in [0.29, 0.717) is 26.5 Å². The van der Waals surface area contributed by atoms with Crippen molar-refractivity contribution in [1.29, 1.82) is 0 Å². The first-order valence-corrected chi connectivity index (χ1v) is 12.2. The Morgan fingerprint density at radius 2 is 1.76 bits per heavy atom. The van der Waals surface area contributed by atoms with E-state index in [4.69, 9.17) is 27.6 Å². The number of rotatable bonds is 3. The Labute approximate surface area is 206 Å². The largest absolute Gasteiger partial charge is 0.457 e. The highest BCUT2D eigenvalue weighted by Crippen LogP contribution is 2.35. The number of aliphatic imine (C=N–C) groups is 1. The van der Waals surface area contributed by atoms with Gasteiger partial charge in [0.2, 0.25) is 0 Å². The molecule has 1 aromatic heterocycles. The average Bonchev–Trinajstić information content (AvgIpc) is 3.41.